The molecule has 0 saturated carbocycles. The second kappa shape index (κ2) is 13.6. The topological polar surface area (TPSA) is 0 Å². The van der Waals surface area contributed by atoms with Crippen LogP contribution in [0.3, 0.4) is 0 Å². The van der Waals surface area contributed by atoms with Crippen molar-refractivity contribution in [3.8, 4) is 11.1 Å². The number of fused-ring (bicyclic) bond motifs is 5. The van der Waals surface area contributed by atoms with Gasteiger partial charge in [0.25, 0.3) is 0 Å². The molecule has 0 saturated heterocycles. The van der Waals surface area contributed by atoms with Gasteiger partial charge in [0.1, 0.15) is 0 Å². The van der Waals surface area contributed by atoms with Crippen molar-refractivity contribution < 1.29 is 27.1 Å². The van der Waals surface area contributed by atoms with Crippen LogP contribution in [0.15, 0.2) is 106 Å². The van der Waals surface area contributed by atoms with E-state index >= 15 is 8.78 Å². The Bertz CT molecular complexity index is 2410. The van der Waals surface area contributed by atoms with E-state index in [9.17, 15) is 0 Å². The zero-order valence-electron chi connectivity index (χ0n) is 34.1. The average molecular weight is 857 g/mol. The molecule has 4 aromatic carbocycles. The van der Waals surface area contributed by atoms with E-state index in [2.05, 4.69) is 130 Å². The fraction of sp³-hybridized carbons (Fsp3) is 0.340. The monoisotopic (exact) mass is 854 g/mol. The summed E-state index contributed by atoms with van der Waals surface area (Å²) < 4.78 is 40.1. The molecule has 4 aliphatic carbocycles. The maximum absolute atomic E-state index is 15.7. The van der Waals surface area contributed by atoms with Crippen LogP contribution < -0.4 is 6.54 Å². The Hall–Kier alpha value is -2.97. The van der Waals surface area contributed by atoms with Gasteiger partial charge in [0.2, 0.25) is 0 Å². The van der Waals surface area contributed by atoms with Gasteiger partial charge in [0.05, 0.1) is 0 Å². The summed E-state index contributed by atoms with van der Waals surface area (Å²) in [6, 6.07) is 24.3. The predicted octanol–water partition coefficient (Wildman–Crippen LogP) is 13.2. The molecule has 0 heterocycles. The minimum atomic E-state index is -5.40. The van der Waals surface area contributed by atoms with Gasteiger partial charge in [0.15, 0.2) is 0 Å². The molecule has 5 heteroatoms. The zero-order valence-corrected chi connectivity index (χ0v) is 38.2. The van der Waals surface area contributed by atoms with Gasteiger partial charge in [-0.3, -0.25) is 0 Å². The van der Waals surface area contributed by atoms with Crippen LogP contribution in [0.2, 0.25) is 3.63 Å². The maximum atomic E-state index is 15.7. The van der Waals surface area contributed by atoms with E-state index in [0.717, 1.165) is 19.4 Å². The first kappa shape index (κ1) is 41.7. The van der Waals surface area contributed by atoms with E-state index in [-0.39, 0.29) is 56.8 Å². The van der Waals surface area contributed by atoms with Crippen LogP contribution in [0, 0.1) is 23.0 Å². The molecule has 2 atom stereocenters. The Balaban J connectivity index is 0.00000257. The molecule has 4 aliphatic rings. The van der Waals surface area contributed by atoms with Crippen LogP contribution in [-0.4, -0.2) is 4.21 Å². The first-order valence-corrected chi connectivity index (χ1v) is 26.3. The molecule has 4 aromatic rings. The van der Waals surface area contributed by atoms with Crippen molar-refractivity contribution >= 4 is 46.7 Å². The summed E-state index contributed by atoms with van der Waals surface area (Å²) in [4.78, 5) is 0. The van der Waals surface area contributed by atoms with Crippen molar-refractivity contribution in [3.63, 3.8) is 0 Å². The summed E-state index contributed by atoms with van der Waals surface area (Å²) in [6.45, 7) is 23.0. The summed E-state index contributed by atoms with van der Waals surface area (Å²) in [6.07, 6.45) is 11.6. The third kappa shape index (κ3) is 6.00. The van der Waals surface area contributed by atoms with Crippen LogP contribution >= 0.6 is 24.8 Å². The minimum absolute atomic E-state index is 0. The van der Waals surface area contributed by atoms with Crippen molar-refractivity contribution in [2.75, 3.05) is 0 Å². The molecule has 0 bridgehead atoms. The number of allylic oxidation sites excluding steroid dienone is 8. The Kier molecular flexibility index (Phi) is 10.3. The van der Waals surface area contributed by atoms with Crippen LogP contribution in [0.1, 0.15) is 109 Å². The summed E-state index contributed by atoms with van der Waals surface area (Å²) in [7, 11) is 0. The van der Waals surface area contributed by atoms with Gasteiger partial charge >= 0.3 is 319 Å². The van der Waals surface area contributed by atoms with Crippen LogP contribution in [0.5, 0.6) is 0 Å². The number of rotatable bonds is 4. The number of hydrogen-bond acceptors (Lipinski definition) is 0. The third-order valence-electron chi connectivity index (χ3n) is 14.0. The van der Waals surface area contributed by atoms with Gasteiger partial charge < -0.3 is 0 Å². The molecule has 288 valence electrons. The number of halogens is 4. The van der Waals surface area contributed by atoms with E-state index in [4.69, 9.17) is 4.21 Å². The molecule has 0 N–H and O–H groups in total. The average Bonchev–Trinajstić information content (AvgIpc) is 3.67. The van der Waals surface area contributed by atoms with Crippen LogP contribution in [-0.2, 0) is 35.5 Å². The van der Waals surface area contributed by atoms with Crippen LogP contribution in [0.4, 0.5) is 8.78 Å². The normalized spacial score (nSPS) is 20.7. The Morgan fingerprint density at radius 3 is 1.75 bits per heavy atom. The van der Waals surface area contributed by atoms with E-state index in [0.29, 0.717) is 0 Å². The molecule has 0 nitrogen and oxygen atoms in total. The predicted molar refractivity (Wildman–Crippen MR) is 235 cm³/mol. The van der Waals surface area contributed by atoms with E-state index in [1.807, 2.05) is 12.1 Å². The molecule has 0 fully saturated rings. The molecule has 2 unspecified atom stereocenters. The first-order chi connectivity index (χ1) is 24.7. The quantitative estimate of drug-likeness (QED) is 0.169. The third-order valence-corrected chi connectivity index (χ3v) is 32.2. The molecule has 0 aliphatic heterocycles. The summed E-state index contributed by atoms with van der Waals surface area (Å²) in [5.74, 6) is -0.494. The van der Waals surface area contributed by atoms with E-state index in [1.165, 1.54) is 76.6 Å². The molecule has 0 spiro atoms. The summed E-state index contributed by atoms with van der Waals surface area (Å²) >= 11 is -5.40. The molecule has 0 aromatic heterocycles. The van der Waals surface area contributed by atoms with Crippen molar-refractivity contribution in [1.82, 2.24) is 0 Å². The van der Waals surface area contributed by atoms with Gasteiger partial charge in [-0.15, -0.1) is 24.8 Å². The molecule has 0 amide bonds. The van der Waals surface area contributed by atoms with Crippen molar-refractivity contribution in [1.29, 1.82) is 0 Å². The SMILES string of the molecule is Cl.Cl.[CH2]=[Zr]([C]1=CC(C(C)(C)C)=CC1C)([c]1cccc(F)c1)([c]1cccc(F)c1)[CH]1C=C(C)c2cc3c(cc2C1(C)C)Cc1cc2c(cc1-3)C(C)=CCC2(C)C. The molecular formula is C50H56Cl2F2Zr. The number of hydrogen-bond donors (Lipinski definition) is 0. The Morgan fingerprint density at radius 2 is 1.24 bits per heavy atom. The van der Waals surface area contributed by atoms with Gasteiger partial charge in [-0.2, -0.15) is 0 Å². The van der Waals surface area contributed by atoms with Gasteiger partial charge in [-0.25, -0.2) is 0 Å². The molecule has 8 rings (SSSR count). The van der Waals surface area contributed by atoms with Crippen molar-refractivity contribution in [2.24, 2.45) is 11.3 Å². The fourth-order valence-corrected chi connectivity index (χ4v) is 30.5. The first-order valence-electron chi connectivity index (χ1n) is 19.5. The Morgan fingerprint density at radius 1 is 0.709 bits per heavy atom. The second-order valence-electron chi connectivity index (χ2n) is 19.1. The standard InChI is InChI=1S/C27H29.C10H15.2C6H4F.CH2.2ClH.Zr/c1-16-7-9-26(3,4)24-12-18-11-19-13-25-21(17(2)8-10-27(25,5)6)15-23(19)22(18)14-20(16)24;1-8-5-6-9(7-8)10(2,3)4;2*7-6-4-2-1-3-5-6;;;;/h7-9,12-15H,10-11H2,1-6H3;6-8H,1-4H3;2*1-2,4-5H;1H2;2*1H;. The Labute approximate surface area is 341 Å². The molecule has 0 radical (unpaired) electrons. The molecular weight excluding hydrogens is 801 g/mol. The summed E-state index contributed by atoms with van der Waals surface area (Å²) in [5.41, 5.74) is 14.3. The zero-order chi connectivity index (χ0) is 38.1. The van der Waals surface area contributed by atoms with E-state index < -0.39 is 23.7 Å². The number of benzene rings is 4. The second-order valence-corrected chi connectivity index (χ2v) is 32.5. The van der Waals surface area contributed by atoms with Crippen molar-refractivity contribution in [3.05, 3.63) is 151 Å². The van der Waals surface area contributed by atoms with Gasteiger partial charge in [0, 0.05) is 0 Å². The summed E-state index contributed by atoms with van der Waals surface area (Å²) in [5, 5.41) is 0. The van der Waals surface area contributed by atoms with E-state index in [1.54, 1.807) is 12.1 Å². The van der Waals surface area contributed by atoms with Crippen LogP contribution in [0.25, 0.3) is 22.3 Å². The van der Waals surface area contributed by atoms with Gasteiger partial charge in [-0.1, -0.05) is 0 Å². The fourth-order valence-electron chi connectivity index (χ4n) is 10.9. The molecule has 55 heavy (non-hydrogen) atoms. The van der Waals surface area contributed by atoms with Gasteiger partial charge in [-0.05, 0) is 0 Å². The van der Waals surface area contributed by atoms with Crippen molar-refractivity contribution in [2.45, 2.75) is 96.5 Å².